The number of rotatable bonds is 4. The summed E-state index contributed by atoms with van der Waals surface area (Å²) >= 11 is 6.11. The van der Waals surface area contributed by atoms with Crippen molar-refractivity contribution in [1.29, 1.82) is 0 Å². The predicted molar refractivity (Wildman–Crippen MR) is 116 cm³/mol. The lowest BCUT2D eigenvalue weighted by atomic mass is 10.1. The van der Waals surface area contributed by atoms with Crippen LogP contribution in [-0.2, 0) is 18.6 Å². The SMILES string of the molecule is Cc1nc(Cl)nc2c1ncn2[C@@H]1O[C@H](CO[Si](C)(C)C(C)(C)C)[C@H]2OC(C)(C)O[C@H]21. The van der Waals surface area contributed by atoms with Crippen molar-refractivity contribution in [2.24, 2.45) is 0 Å². The molecule has 4 rings (SSSR count). The molecule has 2 aliphatic rings. The van der Waals surface area contributed by atoms with E-state index in [0.29, 0.717) is 17.8 Å². The number of ether oxygens (including phenoxy) is 3. The van der Waals surface area contributed by atoms with Gasteiger partial charge in [0.1, 0.15) is 23.8 Å². The van der Waals surface area contributed by atoms with Gasteiger partial charge in [-0.25, -0.2) is 9.97 Å². The van der Waals surface area contributed by atoms with E-state index in [1.807, 2.05) is 25.3 Å². The molecule has 30 heavy (non-hydrogen) atoms. The molecule has 0 aromatic carbocycles. The molecular weight excluding hydrogens is 424 g/mol. The van der Waals surface area contributed by atoms with Gasteiger partial charge in [0.05, 0.1) is 18.6 Å². The van der Waals surface area contributed by atoms with Crippen molar-refractivity contribution in [2.45, 2.75) is 90.0 Å². The zero-order valence-electron chi connectivity index (χ0n) is 18.9. The fourth-order valence-corrected chi connectivity index (χ4v) is 4.96. The lowest BCUT2D eigenvalue weighted by Gasteiger charge is -2.37. The van der Waals surface area contributed by atoms with Crippen LogP contribution in [0.3, 0.4) is 0 Å². The summed E-state index contributed by atoms with van der Waals surface area (Å²) in [4.78, 5) is 13.1. The standard InChI is InChI=1S/C20H31ClN4O4Si/c1-11-13-16(24-18(21)23-11)25(10-22-13)17-15-14(28-20(5,6)29-15)12(27-17)9-26-30(7,8)19(2,3)4/h10,12,14-15,17H,9H2,1-8H3/t12-,14-,15-,17-/m1/s1. The molecule has 2 aromatic rings. The van der Waals surface area contributed by atoms with E-state index >= 15 is 0 Å². The van der Waals surface area contributed by atoms with Gasteiger partial charge in [-0.05, 0) is 50.5 Å². The summed E-state index contributed by atoms with van der Waals surface area (Å²) in [6.45, 7) is 17.3. The lowest BCUT2D eigenvalue weighted by Crippen LogP contribution is -2.44. The Morgan fingerprint density at radius 2 is 1.87 bits per heavy atom. The summed E-state index contributed by atoms with van der Waals surface area (Å²) in [5, 5.41) is 0.292. The molecular formula is C20H31ClN4O4Si. The average Bonchev–Trinajstić information content (AvgIpc) is 3.23. The fourth-order valence-electron chi connectivity index (χ4n) is 3.73. The van der Waals surface area contributed by atoms with Gasteiger partial charge < -0.3 is 18.6 Å². The Labute approximate surface area is 183 Å². The monoisotopic (exact) mass is 454 g/mol. The third-order valence-corrected chi connectivity index (χ3v) is 11.1. The number of halogens is 1. The number of imidazole rings is 1. The summed E-state index contributed by atoms with van der Waals surface area (Å²) in [6, 6.07) is 0. The number of aromatic nitrogens is 4. The molecule has 2 aliphatic heterocycles. The fraction of sp³-hybridized carbons (Fsp3) is 0.750. The van der Waals surface area contributed by atoms with Crippen LogP contribution in [0, 0.1) is 6.92 Å². The van der Waals surface area contributed by atoms with Crippen LogP contribution in [0.2, 0.25) is 23.4 Å². The number of hydrogen-bond donors (Lipinski definition) is 0. The quantitative estimate of drug-likeness (QED) is 0.505. The smallest absolute Gasteiger partial charge is 0.224 e. The molecule has 10 heteroatoms. The number of nitrogens with zero attached hydrogens (tertiary/aromatic N) is 4. The van der Waals surface area contributed by atoms with Gasteiger partial charge in [0.15, 0.2) is 26.0 Å². The largest absolute Gasteiger partial charge is 0.414 e. The summed E-state index contributed by atoms with van der Waals surface area (Å²) in [7, 11) is -1.93. The second kappa shape index (κ2) is 7.21. The number of hydrogen-bond acceptors (Lipinski definition) is 7. The Balaban J connectivity index is 1.64. The minimum atomic E-state index is -1.93. The molecule has 0 radical (unpaired) electrons. The highest BCUT2D eigenvalue weighted by molar-refractivity contribution is 6.74. The van der Waals surface area contributed by atoms with Crippen molar-refractivity contribution in [3.05, 3.63) is 17.3 Å². The summed E-state index contributed by atoms with van der Waals surface area (Å²) in [6.07, 6.45) is 0.452. The molecule has 2 saturated heterocycles. The summed E-state index contributed by atoms with van der Waals surface area (Å²) < 4.78 is 27.2. The Kier molecular flexibility index (Phi) is 5.31. The van der Waals surface area contributed by atoms with Crippen molar-refractivity contribution < 1.29 is 18.6 Å². The maximum absolute atomic E-state index is 6.45. The van der Waals surface area contributed by atoms with Gasteiger partial charge in [0.25, 0.3) is 0 Å². The van der Waals surface area contributed by atoms with E-state index in [9.17, 15) is 0 Å². The number of fused-ring (bicyclic) bond motifs is 2. The molecule has 0 N–H and O–H groups in total. The highest BCUT2D eigenvalue weighted by Crippen LogP contribution is 2.45. The zero-order valence-corrected chi connectivity index (χ0v) is 20.6. The van der Waals surface area contributed by atoms with Gasteiger partial charge in [0.2, 0.25) is 5.28 Å². The van der Waals surface area contributed by atoms with Crippen LogP contribution in [0.1, 0.15) is 46.5 Å². The first-order valence-electron chi connectivity index (χ1n) is 10.3. The van der Waals surface area contributed by atoms with E-state index in [4.69, 9.17) is 30.2 Å². The molecule has 0 bridgehead atoms. The second-order valence-electron chi connectivity index (χ2n) is 10.1. The van der Waals surface area contributed by atoms with Gasteiger partial charge in [-0.3, -0.25) is 4.57 Å². The van der Waals surface area contributed by atoms with Crippen molar-refractivity contribution in [3.63, 3.8) is 0 Å². The van der Waals surface area contributed by atoms with Gasteiger partial charge in [-0.1, -0.05) is 20.8 Å². The third kappa shape index (κ3) is 3.80. The van der Waals surface area contributed by atoms with Gasteiger partial charge in [0, 0.05) is 0 Å². The molecule has 2 aromatic heterocycles. The van der Waals surface area contributed by atoms with Crippen LogP contribution < -0.4 is 0 Å². The molecule has 8 nitrogen and oxygen atoms in total. The highest BCUT2D eigenvalue weighted by Gasteiger charge is 2.56. The number of aryl methyl sites for hydroxylation is 1. The predicted octanol–water partition coefficient (Wildman–Crippen LogP) is 4.23. The molecule has 0 amide bonds. The van der Waals surface area contributed by atoms with Crippen LogP contribution in [0.5, 0.6) is 0 Å². The first-order chi connectivity index (χ1) is 13.8. The summed E-state index contributed by atoms with van der Waals surface area (Å²) in [5.74, 6) is -0.703. The van der Waals surface area contributed by atoms with E-state index in [-0.39, 0.29) is 28.6 Å². The topological polar surface area (TPSA) is 80.5 Å². The second-order valence-corrected chi connectivity index (χ2v) is 15.3. The highest BCUT2D eigenvalue weighted by atomic mass is 35.5. The van der Waals surface area contributed by atoms with E-state index < -0.39 is 20.3 Å². The van der Waals surface area contributed by atoms with Gasteiger partial charge in [-0.15, -0.1) is 0 Å². The first-order valence-corrected chi connectivity index (χ1v) is 13.6. The van der Waals surface area contributed by atoms with E-state index in [1.165, 1.54) is 0 Å². The van der Waals surface area contributed by atoms with Crippen LogP contribution >= 0.6 is 11.6 Å². The van der Waals surface area contributed by atoms with Crippen molar-refractivity contribution in [1.82, 2.24) is 19.5 Å². The minimum absolute atomic E-state index is 0.114. The van der Waals surface area contributed by atoms with Crippen molar-refractivity contribution >= 4 is 31.1 Å². The van der Waals surface area contributed by atoms with Gasteiger partial charge >= 0.3 is 0 Å². The third-order valence-electron chi connectivity index (χ3n) is 6.38. The van der Waals surface area contributed by atoms with Crippen LogP contribution in [0.25, 0.3) is 11.2 Å². The Bertz CT molecular complexity index is 958. The molecule has 0 saturated carbocycles. The lowest BCUT2D eigenvalue weighted by molar-refractivity contribution is -0.199. The molecule has 0 spiro atoms. The van der Waals surface area contributed by atoms with E-state index in [0.717, 1.165) is 5.69 Å². The Morgan fingerprint density at radius 1 is 1.20 bits per heavy atom. The van der Waals surface area contributed by atoms with E-state index in [2.05, 4.69) is 48.8 Å². The minimum Gasteiger partial charge on any atom is -0.414 e. The average molecular weight is 455 g/mol. The van der Waals surface area contributed by atoms with Crippen molar-refractivity contribution in [2.75, 3.05) is 6.61 Å². The molecule has 4 atom stereocenters. The molecule has 166 valence electrons. The normalized spacial score (nSPS) is 29.0. The molecule has 2 fully saturated rings. The van der Waals surface area contributed by atoms with Gasteiger partial charge in [-0.2, -0.15) is 4.98 Å². The Hall–Kier alpha value is -1.10. The van der Waals surface area contributed by atoms with Crippen molar-refractivity contribution in [3.8, 4) is 0 Å². The molecule has 0 unspecified atom stereocenters. The Morgan fingerprint density at radius 3 is 2.53 bits per heavy atom. The summed E-state index contributed by atoms with van der Waals surface area (Å²) in [5.41, 5.74) is 2.04. The van der Waals surface area contributed by atoms with Crippen LogP contribution in [0.4, 0.5) is 0 Å². The van der Waals surface area contributed by atoms with E-state index in [1.54, 1.807) is 6.33 Å². The maximum Gasteiger partial charge on any atom is 0.224 e. The van der Waals surface area contributed by atoms with Crippen LogP contribution in [-0.4, -0.2) is 58.5 Å². The van der Waals surface area contributed by atoms with Crippen LogP contribution in [0.15, 0.2) is 6.33 Å². The molecule has 4 heterocycles. The first kappa shape index (κ1) is 22.1. The maximum atomic E-state index is 6.45. The molecule has 0 aliphatic carbocycles. The zero-order chi connectivity index (χ0) is 22.1.